The van der Waals surface area contributed by atoms with E-state index in [2.05, 4.69) is 27.3 Å². The van der Waals surface area contributed by atoms with Gasteiger partial charge in [-0.15, -0.1) is 0 Å². The maximum absolute atomic E-state index is 12.9. The summed E-state index contributed by atoms with van der Waals surface area (Å²) in [7, 11) is 0. The number of carbonyl (C=O) groups is 1. The van der Waals surface area contributed by atoms with Crippen molar-refractivity contribution in [1.29, 1.82) is 0 Å². The quantitative estimate of drug-likeness (QED) is 0.474. The number of thioether (sulfide) groups is 1. The van der Waals surface area contributed by atoms with Crippen LogP contribution in [-0.2, 0) is 4.79 Å². The number of benzene rings is 2. The molecule has 1 fully saturated rings. The highest BCUT2D eigenvalue weighted by Gasteiger charge is 2.16. The molecule has 0 spiro atoms. The average Bonchev–Trinajstić information content (AvgIpc) is 3.27. The SMILES string of the molecule is CC(C)n1c(SCC(=O)Nc2ccc(N3CCCC3)cc2)nc2ccccc2c1=O. The summed E-state index contributed by atoms with van der Waals surface area (Å²) in [6, 6.07) is 15.3. The Morgan fingerprint density at radius 2 is 1.80 bits per heavy atom. The fraction of sp³-hybridized carbons (Fsp3) is 0.348. The topological polar surface area (TPSA) is 67.2 Å². The third-order valence-corrected chi connectivity index (χ3v) is 6.20. The van der Waals surface area contributed by atoms with Crippen molar-refractivity contribution in [1.82, 2.24) is 9.55 Å². The van der Waals surface area contributed by atoms with Crippen molar-refractivity contribution in [3.63, 3.8) is 0 Å². The molecule has 2 aromatic carbocycles. The summed E-state index contributed by atoms with van der Waals surface area (Å²) in [6.45, 7) is 6.09. The predicted octanol–water partition coefficient (Wildman–Crippen LogP) is 4.31. The van der Waals surface area contributed by atoms with Crippen LogP contribution in [-0.4, -0.2) is 34.3 Å². The maximum Gasteiger partial charge on any atom is 0.262 e. The lowest BCUT2D eigenvalue weighted by Gasteiger charge is -2.18. The van der Waals surface area contributed by atoms with Gasteiger partial charge in [0.2, 0.25) is 5.91 Å². The van der Waals surface area contributed by atoms with Crippen molar-refractivity contribution in [3.05, 3.63) is 58.9 Å². The van der Waals surface area contributed by atoms with E-state index >= 15 is 0 Å². The second-order valence-corrected chi connectivity index (χ2v) is 8.70. The first-order valence-electron chi connectivity index (χ1n) is 10.3. The minimum absolute atomic E-state index is 0.0432. The second kappa shape index (κ2) is 8.92. The van der Waals surface area contributed by atoms with E-state index in [-0.39, 0.29) is 23.3 Å². The van der Waals surface area contributed by atoms with Crippen LogP contribution >= 0.6 is 11.8 Å². The first-order chi connectivity index (χ1) is 14.5. The average molecular weight is 423 g/mol. The molecule has 1 aromatic heterocycles. The zero-order valence-corrected chi connectivity index (χ0v) is 18.1. The lowest BCUT2D eigenvalue weighted by atomic mass is 10.2. The largest absolute Gasteiger partial charge is 0.372 e. The summed E-state index contributed by atoms with van der Waals surface area (Å²) in [5.74, 6) is 0.0670. The molecule has 1 aliphatic rings. The molecule has 1 aliphatic heterocycles. The Hall–Kier alpha value is -2.80. The standard InChI is InChI=1S/C23H26N4O2S/c1-16(2)27-22(29)19-7-3-4-8-20(19)25-23(27)30-15-21(28)24-17-9-11-18(12-10-17)26-13-5-6-14-26/h3-4,7-12,16H,5-6,13-15H2,1-2H3,(H,24,28). The van der Waals surface area contributed by atoms with E-state index in [1.807, 2.05) is 44.2 Å². The summed E-state index contributed by atoms with van der Waals surface area (Å²) in [5.41, 5.74) is 2.55. The molecule has 1 N–H and O–H groups in total. The van der Waals surface area contributed by atoms with Crippen LogP contribution in [0.2, 0.25) is 0 Å². The molecule has 6 nitrogen and oxygen atoms in total. The first kappa shape index (κ1) is 20.5. The van der Waals surface area contributed by atoms with Crippen LogP contribution in [0, 0.1) is 0 Å². The fourth-order valence-corrected chi connectivity index (χ4v) is 4.67. The zero-order valence-electron chi connectivity index (χ0n) is 17.3. The van der Waals surface area contributed by atoms with Crippen molar-refractivity contribution >= 4 is 39.9 Å². The Morgan fingerprint density at radius 1 is 1.10 bits per heavy atom. The number of hydrogen-bond donors (Lipinski definition) is 1. The van der Waals surface area contributed by atoms with E-state index in [1.54, 1.807) is 10.6 Å². The molecular formula is C23H26N4O2S. The van der Waals surface area contributed by atoms with E-state index in [9.17, 15) is 9.59 Å². The minimum atomic E-state index is -0.119. The minimum Gasteiger partial charge on any atom is -0.372 e. The van der Waals surface area contributed by atoms with Crippen molar-refractivity contribution in [2.24, 2.45) is 0 Å². The van der Waals surface area contributed by atoms with Gasteiger partial charge in [-0.3, -0.25) is 14.2 Å². The number of amides is 1. The summed E-state index contributed by atoms with van der Waals surface area (Å²) in [4.78, 5) is 32.4. The number of hydrogen-bond acceptors (Lipinski definition) is 5. The van der Waals surface area contributed by atoms with Gasteiger partial charge in [0.15, 0.2) is 5.16 Å². The van der Waals surface area contributed by atoms with E-state index in [4.69, 9.17) is 0 Å². The van der Waals surface area contributed by atoms with Gasteiger partial charge in [0, 0.05) is 30.5 Å². The molecule has 7 heteroatoms. The Labute approximate surface area is 180 Å². The molecule has 1 saturated heterocycles. The number of para-hydroxylation sites is 1. The molecule has 0 saturated carbocycles. The monoisotopic (exact) mass is 422 g/mol. The van der Waals surface area contributed by atoms with Crippen LogP contribution in [0.5, 0.6) is 0 Å². The fourth-order valence-electron chi connectivity index (χ4n) is 3.74. The number of carbonyl (C=O) groups excluding carboxylic acids is 1. The summed E-state index contributed by atoms with van der Waals surface area (Å²) in [5, 5.41) is 4.10. The van der Waals surface area contributed by atoms with Gasteiger partial charge in [-0.25, -0.2) is 4.98 Å². The lowest BCUT2D eigenvalue weighted by Crippen LogP contribution is -2.25. The van der Waals surface area contributed by atoms with Crippen LogP contribution < -0.4 is 15.8 Å². The van der Waals surface area contributed by atoms with E-state index in [0.717, 1.165) is 18.8 Å². The Bertz CT molecular complexity index is 1100. The van der Waals surface area contributed by atoms with Gasteiger partial charge >= 0.3 is 0 Å². The molecule has 2 heterocycles. The van der Waals surface area contributed by atoms with Gasteiger partial charge in [0.1, 0.15) is 0 Å². The molecule has 30 heavy (non-hydrogen) atoms. The highest BCUT2D eigenvalue weighted by atomic mass is 32.2. The number of rotatable bonds is 6. The van der Waals surface area contributed by atoms with Crippen LogP contribution in [0.15, 0.2) is 58.5 Å². The van der Waals surface area contributed by atoms with Gasteiger partial charge in [0.25, 0.3) is 5.56 Å². The van der Waals surface area contributed by atoms with Crippen molar-refractivity contribution in [3.8, 4) is 0 Å². The Morgan fingerprint density at radius 3 is 2.50 bits per heavy atom. The lowest BCUT2D eigenvalue weighted by molar-refractivity contribution is -0.113. The van der Waals surface area contributed by atoms with E-state index in [1.165, 1.54) is 30.3 Å². The Kier molecular flexibility index (Phi) is 6.08. The van der Waals surface area contributed by atoms with Gasteiger partial charge < -0.3 is 10.2 Å². The molecule has 1 amide bonds. The smallest absolute Gasteiger partial charge is 0.262 e. The number of anilines is 2. The molecular weight excluding hydrogens is 396 g/mol. The molecule has 0 bridgehead atoms. The second-order valence-electron chi connectivity index (χ2n) is 7.76. The summed E-state index contributed by atoms with van der Waals surface area (Å²) in [6.07, 6.45) is 2.47. The molecule has 0 radical (unpaired) electrons. The maximum atomic E-state index is 12.9. The molecule has 156 valence electrons. The van der Waals surface area contributed by atoms with Crippen molar-refractivity contribution < 1.29 is 4.79 Å². The van der Waals surface area contributed by atoms with Crippen LogP contribution in [0.3, 0.4) is 0 Å². The number of nitrogens with one attached hydrogen (secondary N) is 1. The molecule has 0 atom stereocenters. The third kappa shape index (κ3) is 4.36. The van der Waals surface area contributed by atoms with Crippen molar-refractivity contribution in [2.75, 3.05) is 29.1 Å². The van der Waals surface area contributed by atoms with Crippen LogP contribution in [0.25, 0.3) is 10.9 Å². The van der Waals surface area contributed by atoms with Gasteiger partial charge in [-0.1, -0.05) is 23.9 Å². The highest BCUT2D eigenvalue weighted by molar-refractivity contribution is 7.99. The van der Waals surface area contributed by atoms with E-state index in [0.29, 0.717) is 16.1 Å². The summed E-state index contributed by atoms with van der Waals surface area (Å²) >= 11 is 1.29. The Balaban J connectivity index is 1.45. The normalized spacial score (nSPS) is 13.9. The molecule has 3 aromatic rings. The highest BCUT2D eigenvalue weighted by Crippen LogP contribution is 2.23. The van der Waals surface area contributed by atoms with Crippen molar-refractivity contribution in [2.45, 2.75) is 37.9 Å². The number of fused-ring (bicyclic) bond motifs is 1. The molecule has 4 rings (SSSR count). The van der Waals surface area contributed by atoms with Crippen LogP contribution in [0.4, 0.5) is 11.4 Å². The van der Waals surface area contributed by atoms with Crippen LogP contribution in [0.1, 0.15) is 32.7 Å². The number of nitrogens with zero attached hydrogens (tertiary/aromatic N) is 3. The predicted molar refractivity (Wildman–Crippen MR) is 124 cm³/mol. The van der Waals surface area contributed by atoms with Gasteiger partial charge in [0.05, 0.1) is 16.7 Å². The molecule has 0 unspecified atom stereocenters. The number of aromatic nitrogens is 2. The van der Waals surface area contributed by atoms with Gasteiger partial charge in [-0.05, 0) is 63.1 Å². The zero-order chi connectivity index (χ0) is 21.1. The van der Waals surface area contributed by atoms with Gasteiger partial charge in [-0.2, -0.15) is 0 Å². The summed E-state index contributed by atoms with van der Waals surface area (Å²) < 4.78 is 1.66. The molecule has 0 aliphatic carbocycles. The third-order valence-electron chi connectivity index (χ3n) is 5.25. The van der Waals surface area contributed by atoms with E-state index < -0.39 is 0 Å². The first-order valence-corrected chi connectivity index (χ1v) is 11.3.